The van der Waals surface area contributed by atoms with Crippen LogP contribution >= 0.6 is 27.3 Å². The van der Waals surface area contributed by atoms with Gasteiger partial charge in [0, 0.05) is 26.2 Å². The van der Waals surface area contributed by atoms with Gasteiger partial charge in [0.1, 0.15) is 0 Å². The molecule has 3 heteroatoms. The molecule has 2 aromatic rings. The molecular formula is C16H18BrNS. The Hall–Kier alpha value is -0.640. The van der Waals surface area contributed by atoms with Crippen LogP contribution in [-0.2, 0) is 11.8 Å². The molecule has 0 aliphatic heterocycles. The number of hydrogen-bond donors (Lipinski definition) is 1. The minimum absolute atomic E-state index is 0.206. The van der Waals surface area contributed by atoms with Crippen LogP contribution in [0, 0.1) is 0 Å². The highest BCUT2D eigenvalue weighted by Crippen LogP contribution is 2.46. The first-order chi connectivity index (χ1) is 9.21. The fraction of sp³-hybridized carbons (Fsp3) is 0.375. The van der Waals surface area contributed by atoms with Crippen LogP contribution in [0.5, 0.6) is 0 Å². The summed E-state index contributed by atoms with van der Waals surface area (Å²) in [6.07, 6.45) is 4.73. The van der Waals surface area contributed by atoms with E-state index in [2.05, 4.69) is 57.7 Å². The summed E-state index contributed by atoms with van der Waals surface area (Å²) in [5, 5.41) is 2.14. The second-order valence-electron chi connectivity index (χ2n) is 5.42. The van der Waals surface area contributed by atoms with E-state index in [9.17, 15) is 0 Å². The number of thiophene rings is 1. The molecule has 0 radical (unpaired) electrons. The Morgan fingerprint density at radius 2 is 2.00 bits per heavy atom. The minimum atomic E-state index is 0.206. The first-order valence-electron chi connectivity index (χ1n) is 6.75. The lowest BCUT2D eigenvalue weighted by Gasteiger charge is -2.47. The Kier molecular flexibility index (Phi) is 3.79. The van der Waals surface area contributed by atoms with Crippen molar-refractivity contribution in [2.75, 3.05) is 0 Å². The molecule has 1 aromatic carbocycles. The van der Waals surface area contributed by atoms with Crippen LogP contribution in [-0.4, -0.2) is 6.04 Å². The van der Waals surface area contributed by atoms with E-state index in [0.29, 0.717) is 0 Å². The average Bonchev–Trinajstić information content (AvgIpc) is 2.75. The maximum Gasteiger partial charge on any atom is 0.0285 e. The monoisotopic (exact) mass is 335 g/mol. The van der Waals surface area contributed by atoms with Gasteiger partial charge in [-0.05, 0) is 46.8 Å². The van der Waals surface area contributed by atoms with Crippen molar-refractivity contribution < 1.29 is 0 Å². The van der Waals surface area contributed by atoms with E-state index in [4.69, 9.17) is 5.73 Å². The summed E-state index contributed by atoms with van der Waals surface area (Å²) in [6, 6.07) is 13.2. The lowest BCUT2D eigenvalue weighted by atomic mass is 9.59. The Balaban J connectivity index is 1.82. The Morgan fingerprint density at radius 1 is 1.26 bits per heavy atom. The van der Waals surface area contributed by atoms with Gasteiger partial charge in [0.25, 0.3) is 0 Å². The third-order valence-corrected chi connectivity index (χ3v) is 6.07. The van der Waals surface area contributed by atoms with E-state index in [1.54, 1.807) is 11.3 Å². The second-order valence-corrected chi connectivity index (χ2v) is 7.33. The minimum Gasteiger partial charge on any atom is -0.327 e. The van der Waals surface area contributed by atoms with Crippen LogP contribution in [0.4, 0.5) is 0 Å². The molecule has 3 rings (SSSR count). The van der Waals surface area contributed by atoms with Crippen LogP contribution in [0.2, 0.25) is 0 Å². The summed E-state index contributed by atoms with van der Waals surface area (Å²) in [7, 11) is 0. The molecule has 19 heavy (non-hydrogen) atoms. The van der Waals surface area contributed by atoms with Crippen molar-refractivity contribution in [3.8, 4) is 0 Å². The zero-order valence-corrected chi connectivity index (χ0v) is 13.2. The molecule has 0 bridgehead atoms. The molecule has 1 saturated carbocycles. The summed E-state index contributed by atoms with van der Waals surface area (Å²) >= 11 is 5.31. The Morgan fingerprint density at radius 3 is 2.53 bits per heavy atom. The molecule has 1 nitrogen and oxygen atoms in total. The number of halogens is 1. The van der Waals surface area contributed by atoms with Gasteiger partial charge in [0.2, 0.25) is 0 Å². The van der Waals surface area contributed by atoms with Crippen molar-refractivity contribution in [3.05, 3.63) is 56.7 Å². The standard InChI is InChI=1S/C16H18BrNS/c17-13-9-14(19-11-13)10-15(18)16(7-4-8-16)12-5-2-1-3-6-12/h1-3,5-6,9,11,15H,4,7-8,10,18H2. The van der Waals surface area contributed by atoms with Gasteiger partial charge < -0.3 is 5.73 Å². The molecule has 1 heterocycles. The van der Waals surface area contributed by atoms with Gasteiger partial charge >= 0.3 is 0 Å². The first kappa shape index (κ1) is 13.3. The van der Waals surface area contributed by atoms with Gasteiger partial charge in [0.05, 0.1) is 0 Å². The molecular weight excluding hydrogens is 318 g/mol. The topological polar surface area (TPSA) is 26.0 Å². The molecule has 0 saturated heterocycles. The van der Waals surface area contributed by atoms with Gasteiger partial charge in [-0.3, -0.25) is 0 Å². The predicted octanol–water partition coefficient (Wildman–Crippen LogP) is 4.50. The number of nitrogens with two attached hydrogens (primary N) is 1. The van der Waals surface area contributed by atoms with E-state index in [1.807, 2.05) is 0 Å². The van der Waals surface area contributed by atoms with Crippen LogP contribution < -0.4 is 5.73 Å². The van der Waals surface area contributed by atoms with Crippen molar-refractivity contribution in [2.24, 2.45) is 5.73 Å². The van der Waals surface area contributed by atoms with Crippen molar-refractivity contribution in [1.82, 2.24) is 0 Å². The molecule has 2 N–H and O–H groups in total. The predicted molar refractivity (Wildman–Crippen MR) is 85.7 cm³/mol. The smallest absolute Gasteiger partial charge is 0.0285 e. The van der Waals surface area contributed by atoms with Crippen molar-refractivity contribution >= 4 is 27.3 Å². The van der Waals surface area contributed by atoms with Crippen LogP contribution in [0.25, 0.3) is 0 Å². The van der Waals surface area contributed by atoms with Crippen molar-refractivity contribution in [2.45, 2.75) is 37.1 Å². The average molecular weight is 336 g/mol. The van der Waals surface area contributed by atoms with Gasteiger partial charge in [0.15, 0.2) is 0 Å². The lowest BCUT2D eigenvalue weighted by molar-refractivity contribution is 0.195. The van der Waals surface area contributed by atoms with Gasteiger partial charge in [-0.25, -0.2) is 0 Å². The van der Waals surface area contributed by atoms with Crippen molar-refractivity contribution in [1.29, 1.82) is 0 Å². The van der Waals surface area contributed by atoms with E-state index in [1.165, 1.54) is 34.2 Å². The van der Waals surface area contributed by atoms with Gasteiger partial charge in [-0.1, -0.05) is 36.8 Å². The Labute approximate surface area is 127 Å². The summed E-state index contributed by atoms with van der Waals surface area (Å²) in [4.78, 5) is 1.38. The van der Waals surface area contributed by atoms with Gasteiger partial charge in [-0.15, -0.1) is 11.3 Å². The molecule has 1 atom stereocenters. The molecule has 1 unspecified atom stereocenters. The second kappa shape index (κ2) is 5.39. The molecule has 1 aliphatic rings. The SMILES string of the molecule is NC(Cc1cc(Br)cs1)C1(c2ccccc2)CCC1. The normalized spacial score (nSPS) is 18.8. The van der Waals surface area contributed by atoms with E-state index in [-0.39, 0.29) is 11.5 Å². The summed E-state index contributed by atoms with van der Waals surface area (Å²) in [5.41, 5.74) is 8.21. The lowest BCUT2D eigenvalue weighted by Crippen LogP contribution is -2.51. The fourth-order valence-electron chi connectivity index (χ4n) is 3.07. The summed E-state index contributed by atoms with van der Waals surface area (Å²) in [6.45, 7) is 0. The number of hydrogen-bond acceptors (Lipinski definition) is 2. The first-order valence-corrected chi connectivity index (χ1v) is 8.42. The molecule has 100 valence electrons. The van der Waals surface area contributed by atoms with Crippen LogP contribution in [0.1, 0.15) is 29.7 Å². The molecule has 0 spiro atoms. The third kappa shape index (κ3) is 2.51. The maximum atomic E-state index is 6.58. The van der Waals surface area contributed by atoms with E-state index < -0.39 is 0 Å². The third-order valence-electron chi connectivity index (χ3n) is 4.35. The zero-order chi connectivity index (χ0) is 13.3. The largest absolute Gasteiger partial charge is 0.327 e. The van der Waals surface area contributed by atoms with E-state index in [0.717, 1.165) is 6.42 Å². The summed E-state index contributed by atoms with van der Waals surface area (Å²) in [5.74, 6) is 0. The van der Waals surface area contributed by atoms with E-state index >= 15 is 0 Å². The summed E-state index contributed by atoms with van der Waals surface area (Å²) < 4.78 is 1.17. The number of rotatable bonds is 4. The highest BCUT2D eigenvalue weighted by atomic mass is 79.9. The Bertz CT molecular complexity index is 545. The number of benzene rings is 1. The maximum absolute atomic E-state index is 6.58. The fourth-order valence-corrected chi connectivity index (χ4v) is 4.59. The molecule has 1 aliphatic carbocycles. The quantitative estimate of drug-likeness (QED) is 0.874. The molecule has 1 fully saturated rings. The van der Waals surface area contributed by atoms with Crippen LogP contribution in [0.3, 0.4) is 0 Å². The zero-order valence-electron chi connectivity index (χ0n) is 10.8. The molecule has 0 amide bonds. The molecule has 1 aromatic heterocycles. The highest BCUT2D eigenvalue weighted by molar-refractivity contribution is 9.10. The van der Waals surface area contributed by atoms with Crippen LogP contribution in [0.15, 0.2) is 46.3 Å². The highest BCUT2D eigenvalue weighted by Gasteiger charge is 2.43. The van der Waals surface area contributed by atoms with Crippen molar-refractivity contribution in [3.63, 3.8) is 0 Å². The van der Waals surface area contributed by atoms with Gasteiger partial charge in [-0.2, -0.15) is 0 Å².